The van der Waals surface area contributed by atoms with Crippen LogP contribution in [-0.4, -0.2) is 35.7 Å². The van der Waals surface area contributed by atoms with Crippen LogP contribution in [0, 0.1) is 16.0 Å². The van der Waals surface area contributed by atoms with Crippen molar-refractivity contribution in [3.8, 4) is 0 Å². The Morgan fingerprint density at radius 3 is 2.73 bits per heavy atom. The summed E-state index contributed by atoms with van der Waals surface area (Å²) in [5, 5.41) is 16.9. The molecule has 8 heteroatoms. The van der Waals surface area contributed by atoms with Crippen molar-refractivity contribution in [3.05, 3.63) is 34.4 Å². The van der Waals surface area contributed by atoms with Gasteiger partial charge >= 0.3 is 0 Å². The van der Waals surface area contributed by atoms with Crippen molar-refractivity contribution in [2.24, 2.45) is 5.92 Å². The van der Waals surface area contributed by atoms with E-state index in [0.717, 1.165) is 24.4 Å². The molecule has 1 saturated heterocycles. The number of nitrogens with one attached hydrogen (secondary N) is 2. The summed E-state index contributed by atoms with van der Waals surface area (Å²) < 4.78 is 0. The lowest BCUT2D eigenvalue weighted by Gasteiger charge is -2.30. The first-order valence-electron chi connectivity index (χ1n) is 6.93. The van der Waals surface area contributed by atoms with Crippen LogP contribution in [0.1, 0.15) is 13.3 Å². The van der Waals surface area contributed by atoms with E-state index in [4.69, 9.17) is 0 Å². The maximum atomic E-state index is 11.9. The molecule has 2 atom stereocenters. The number of thioether (sulfide) groups is 1. The van der Waals surface area contributed by atoms with Crippen LogP contribution < -0.4 is 10.6 Å². The number of non-ortho nitro benzene ring substituents is 1. The van der Waals surface area contributed by atoms with Gasteiger partial charge in [0, 0.05) is 23.1 Å². The third kappa shape index (κ3) is 5.47. The third-order valence-electron chi connectivity index (χ3n) is 3.55. The Hall–Kier alpha value is -1.31. The average molecular weight is 346 g/mol. The van der Waals surface area contributed by atoms with Crippen molar-refractivity contribution in [3.63, 3.8) is 0 Å². The molecule has 0 bridgehead atoms. The van der Waals surface area contributed by atoms with E-state index in [9.17, 15) is 14.9 Å². The molecule has 22 heavy (non-hydrogen) atoms. The Morgan fingerprint density at radius 1 is 1.45 bits per heavy atom. The number of carbonyl (C=O) groups is 1. The fourth-order valence-corrected chi connectivity index (χ4v) is 3.00. The van der Waals surface area contributed by atoms with Crippen LogP contribution in [0.2, 0.25) is 0 Å². The largest absolute Gasteiger partial charge is 0.352 e. The fraction of sp³-hybridized carbons (Fsp3) is 0.500. The summed E-state index contributed by atoms with van der Waals surface area (Å²) in [5.41, 5.74) is 0.0623. The second-order valence-electron chi connectivity index (χ2n) is 5.18. The molecule has 2 unspecified atom stereocenters. The summed E-state index contributed by atoms with van der Waals surface area (Å²) in [6.07, 6.45) is 0.953. The summed E-state index contributed by atoms with van der Waals surface area (Å²) in [5.74, 6) is 0.776. The summed E-state index contributed by atoms with van der Waals surface area (Å²) in [7, 11) is 0. The topological polar surface area (TPSA) is 84.3 Å². The number of halogens is 1. The highest BCUT2D eigenvalue weighted by Crippen LogP contribution is 2.21. The molecule has 0 aromatic heterocycles. The lowest BCUT2D eigenvalue weighted by molar-refractivity contribution is -0.384. The Balaban J connectivity index is 0.00000242. The van der Waals surface area contributed by atoms with E-state index in [1.54, 1.807) is 12.1 Å². The van der Waals surface area contributed by atoms with Crippen LogP contribution in [0.3, 0.4) is 0 Å². The number of amides is 1. The number of benzene rings is 1. The number of nitro benzene ring substituents is 1. The molecular formula is C14H20ClN3O3S. The van der Waals surface area contributed by atoms with Gasteiger partial charge in [-0.1, -0.05) is 6.92 Å². The summed E-state index contributed by atoms with van der Waals surface area (Å²) in [4.78, 5) is 22.9. The lowest BCUT2D eigenvalue weighted by atomic mass is 9.95. The normalized spacial score (nSPS) is 20.8. The number of rotatable bonds is 5. The second-order valence-corrected chi connectivity index (χ2v) is 6.23. The Kier molecular flexibility index (Phi) is 7.64. The summed E-state index contributed by atoms with van der Waals surface area (Å²) in [6.45, 7) is 3.99. The molecule has 122 valence electrons. The zero-order chi connectivity index (χ0) is 15.2. The van der Waals surface area contributed by atoms with Gasteiger partial charge in [0.25, 0.3) is 5.69 Å². The second kappa shape index (κ2) is 8.97. The van der Waals surface area contributed by atoms with Crippen molar-refractivity contribution in [1.29, 1.82) is 0 Å². The predicted octanol–water partition coefficient (Wildman–Crippen LogP) is 2.22. The number of nitrogens with zero attached hydrogens (tertiary/aromatic N) is 1. The molecule has 2 rings (SSSR count). The third-order valence-corrected chi connectivity index (χ3v) is 4.56. The van der Waals surface area contributed by atoms with E-state index >= 15 is 0 Å². The molecule has 1 aromatic carbocycles. The summed E-state index contributed by atoms with van der Waals surface area (Å²) >= 11 is 1.39. The van der Waals surface area contributed by atoms with Crippen molar-refractivity contribution < 1.29 is 9.72 Å². The molecule has 1 aliphatic rings. The predicted molar refractivity (Wildman–Crippen MR) is 89.6 cm³/mol. The van der Waals surface area contributed by atoms with E-state index in [1.807, 2.05) is 0 Å². The van der Waals surface area contributed by atoms with Crippen molar-refractivity contribution in [2.75, 3.05) is 18.8 Å². The van der Waals surface area contributed by atoms with Crippen molar-refractivity contribution in [1.82, 2.24) is 10.6 Å². The SMILES string of the molecule is CC1CNCCC1NC(=O)CSc1ccc([N+](=O)[O-])cc1.Cl. The number of carbonyl (C=O) groups excluding carboxylic acids is 1. The van der Waals surface area contributed by atoms with Crippen LogP contribution in [0.5, 0.6) is 0 Å². The van der Waals surface area contributed by atoms with Crippen molar-refractivity contribution in [2.45, 2.75) is 24.3 Å². The van der Waals surface area contributed by atoms with E-state index in [-0.39, 0.29) is 30.0 Å². The zero-order valence-electron chi connectivity index (χ0n) is 12.3. The van der Waals surface area contributed by atoms with Gasteiger partial charge in [-0.25, -0.2) is 0 Å². The summed E-state index contributed by atoms with van der Waals surface area (Å²) in [6, 6.07) is 6.48. The molecule has 1 aromatic rings. The number of hydrogen-bond acceptors (Lipinski definition) is 5. The number of hydrogen-bond donors (Lipinski definition) is 2. The molecular weight excluding hydrogens is 326 g/mol. The van der Waals surface area contributed by atoms with E-state index in [1.165, 1.54) is 23.9 Å². The molecule has 6 nitrogen and oxygen atoms in total. The van der Waals surface area contributed by atoms with Gasteiger partial charge in [0.05, 0.1) is 10.7 Å². The zero-order valence-corrected chi connectivity index (χ0v) is 13.9. The first-order chi connectivity index (χ1) is 10.1. The Bertz CT molecular complexity index is 513. The Morgan fingerprint density at radius 2 is 2.14 bits per heavy atom. The minimum atomic E-state index is -0.431. The van der Waals surface area contributed by atoms with E-state index in [2.05, 4.69) is 17.6 Å². The number of piperidine rings is 1. The average Bonchev–Trinajstić information content (AvgIpc) is 2.48. The highest BCUT2D eigenvalue weighted by molar-refractivity contribution is 8.00. The molecule has 2 N–H and O–H groups in total. The van der Waals surface area contributed by atoms with Gasteiger partial charge in [-0.3, -0.25) is 14.9 Å². The van der Waals surface area contributed by atoms with Gasteiger partial charge in [0.2, 0.25) is 5.91 Å². The molecule has 1 fully saturated rings. The van der Waals surface area contributed by atoms with Crippen LogP contribution in [-0.2, 0) is 4.79 Å². The molecule has 1 amide bonds. The maximum absolute atomic E-state index is 11.9. The van der Waals surface area contributed by atoms with Gasteiger partial charge in [-0.15, -0.1) is 24.2 Å². The molecule has 0 aliphatic carbocycles. The van der Waals surface area contributed by atoms with Gasteiger partial charge in [0.1, 0.15) is 0 Å². The minimum Gasteiger partial charge on any atom is -0.352 e. The smallest absolute Gasteiger partial charge is 0.269 e. The van der Waals surface area contributed by atoms with Crippen LogP contribution in [0.25, 0.3) is 0 Å². The molecule has 0 spiro atoms. The van der Waals surface area contributed by atoms with Gasteiger partial charge < -0.3 is 10.6 Å². The van der Waals surface area contributed by atoms with E-state index in [0.29, 0.717) is 11.7 Å². The lowest BCUT2D eigenvalue weighted by Crippen LogP contribution is -2.48. The maximum Gasteiger partial charge on any atom is 0.269 e. The standard InChI is InChI=1S/C14H19N3O3S.ClH/c1-10-8-15-7-6-13(10)16-14(18)9-21-12-4-2-11(3-5-12)17(19)20;/h2-5,10,13,15H,6-9H2,1H3,(H,16,18);1H. The fourth-order valence-electron chi connectivity index (χ4n) is 2.29. The van der Waals surface area contributed by atoms with Gasteiger partial charge in [-0.05, 0) is 37.6 Å². The highest BCUT2D eigenvalue weighted by atomic mass is 35.5. The molecule has 0 radical (unpaired) electrons. The number of nitro groups is 1. The van der Waals surface area contributed by atoms with Crippen LogP contribution in [0.15, 0.2) is 29.2 Å². The monoisotopic (exact) mass is 345 g/mol. The Labute approximate surface area is 140 Å². The van der Waals surface area contributed by atoms with E-state index < -0.39 is 4.92 Å². The molecule has 0 saturated carbocycles. The molecule has 1 heterocycles. The van der Waals surface area contributed by atoms with Crippen LogP contribution in [0.4, 0.5) is 5.69 Å². The highest BCUT2D eigenvalue weighted by Gasteiger charge is 2.22. The quantitative estimate of drug-likeness (QED) is 0.485. The first-order valence-corrected chi connectivity index (χ1v) is 7.92. The van der Waals surface area contributed by atoms with Crippen molar-refractivity contribution >= 4 is 35.8 Å². The minimum absolute atomic E-state index is 0. The van der Waals surface area contributed by atoms with Crippen LogP contribution >= 0.6 is 24.2 Å². The van der Waals surface area contributed by atoms with Gasteiger partial charge in [0.15, 0.2) is 0 Å². The molecule has 1 aliphatic heterocycles. The first kappa shape index (κ1) is 18.7. The van der Waals surface area contributed by atoms with Gasteiger partial charge in [-0.2, -0.15) is 0 Å².